The monoisotopic (exact) mass is 325 g/mol. The van der Waals surface area contributed by atoms with Crippen molar-refractivity contribution in [2.75, 3.05) is 11.3 Å². The molecule has 0 aliphatic carbocycles. The number of anilines is 1. The lowest BCUT2D eigenvalue weighted by Crippen LogP contribution is -2.13. The molecule has 0 aliphatic rings. The van der Waals surface area contributed by atoms with Gasteiger partial charge in [0.25, 0.3) is 10.0 Å². The summed E-state index contributed by atoms with van der Waals surface area (Å²) in [6.07, 6.45) is 0.734. The molecule has 1 aromatic heterocycles. The molecule has 114 valence electrons. The molecule has 2 aromatic rings. The quantitative estimate of drug-likeness (QED) is 0.855. The van der Waals surface area contributed by atoms with E-state index < -0.39 is 10.0 Å². The molecule has 0 radical (unpaired) electrons. The number of rotatable bonds is 6. The first-order chi connectivity index (χ1) is 9.92. The van der Waals surface area contributed by atoms with Gasteiger partial charge in [0.1, 0.15) is 0 Å². The van der Waals surface area contributed by atoms with E-state index in [1.165, 1.54) is 11.3 Å². The van der Waals surface area contributed by atoms with E-state index in [4.69, 9.17) is 5.73 Å². The highest BCUT2D eigenvalue weighted by atomic mass is 32.2. The lowest BCUT2D eigenvalue weighted by Gasteiger charge is -2.06. The molecule has 0 fully saturated rings. The molecule has 3 N–H and O–H groups in total. The Kier molecular flexibility index (Phi) is 4.97. The Balaban J connectivity index is 2.17. The average molecular weight is 325 g/mol. The summed E-state index contributed by atoms with van der Waals surface area (Å²) in [4.78, 5) is 4.51. The molecule has 1 aromatic carbocycles. The van der Waals surface area contributed by atoms with E-state index in [0.717, 1.165) is 17.7 Å². The Morgan fingerprint density at radius 2 is 1.95 bits per heavy atom. The Morgan fingerprint density at radius 1 is 1.29 bits per heavy atom. The molecule has 1 heterocycles. The van der Waals surface area contributed by atoms with Crippen molar-refractivity contribution in [3.05, 3.63) is 40.9 Å². The fraction of sp³-hybridized carbons (Fsp3) is 0.357. The third-order valence-electron chi connectivity index (χ3n) is 3.00. The van der Waals surface area contributed by atoms with E-state index in [0.29, 0.717) is 11.7 Å². The molecule has 0 unspecified atom stereocenters. The number of hydrogen-bond donors (Lipinski definition) is 2. The smallest absolute Gasteiger partial charge is 0.263 e. The molecule has 0 aliphatic heterocycles. The minimum atomic E-state index is -3.59. The number of nitrogens with two attached hydrogens (primary N) is 1. The lowest BCUT2D eigenvalue weighted by molar-refractivity contribution is 0.601. The van der Waals surface area contributed by atoms with Gasteiger partial charge in [-0.1, -0.05) is 26.0 Å². The minimum Gasteiger partial charge on any atom is -0.330 e. The van der Waals surface area contributed by atoms with Gasteiger partial charge in [-0.05, 0) is 36.6 Å². The first-order valence-corrected chi connectivity index (χ1v) is 9.06. The second-order valence-corrected chi connectivity index (χ2v) is 7.56. The number of thiazole rings is 1. The van der Waals surface area contributed by atoms with Crippen LogP contribution < -0.4 is 10.5 Å². The minimum absolute atomic E-state index is 0.226. The Morgan fingerprint density at radius 3 is 2.48 bits per heavy atom. The molecule has 0 bridgehead atoms. The van der Waals surface area contributed by atoms with Crippen molar-refractivity contribution in [1.29, 1.82) is 0 Å². The molecular weight excluding hydrogens is 306 g/mol. The number of hydrogen-bond acceptors (Lipinski definition) is 5. The van der Waals surface area contributed by atoms with E-state index in [9.17, 15) is 8.42 Å². The van der Waals surface area contributed by atoms with Gasteiger partial charge in [-0.25, -0.2) is 13.4 Å². The van der Waals surface area contributed by atoms with Crippen LogP contribution in [0.25, 0.3) is 0 Å². The van der Waals surface area contributed by atoms with Crippen molar-refractivity contribution >= 4 is 26.5 Å². The predicted octanol–water partition coefficient (Wildman–Crippen LogP) is 2.57. The molecule has 0 amide bonds. The van der Waals surface area contributed by atoms with Gasteiger partial charge in [-0.15, -0.1) is 11.3 Å². The van der Waals surface area contributed by atoms with Gasteiger partial charge >= 0.3 is 0 Å². The van der Waals surface area contributed by atoms with Gasteiger partial charge in [-0.2, -0.15) is 0 Å². The van der Waals surface area contributed by atoms with Crippen LogP contribution in [0.15, 0.2) is 34.5 Å². The maximum atomic E-state index is 12.3. The van der Waals surface area contributed by atoms with Crippen LogP contribution in [0, 0.1) is 0 Å². The van der Waals surface area contributed by atoms with Crippen LogP contribution in [0.4, 0.5) is 5.13 Å². The molecule has 0 saturated carbocycles. The fourth-order valence-corrected chi connectivity index (χ4v) is 3.90. The molecule has 2 rings (SSSR count). The maximum absolute atomic E-state index is 12.3. The largest absolute Gasteiger partial charge is 0.330 e. The maximum Gasteiger partial charge on any atom is 0.263 e. The summed E-state index contributed by atoms with van der Waals surface area (Å²) in [6.45, 7) is 4.58. The fourth-order valence-electron chi connectivity index (χ4n) is 1.77. The number of nitrogens with zero attached hydrogens (tertiary/aromatic N) is 1. The topological polar surface area (TPSA) is 85.1 Å². The second-order valence-electron chi connectivity index (χ2n) is 5.02. The van der Waals surface area contributed by atoms with Gasteiger partial charge in [0.05, 0.1) is 10.6 Å². The van der Waals surface area contributed by atoms with E-state index >= 15 is 0 Å². The Hall–Kier alpha value is -1.44. The summed E-state index contributed by atoms with van der Waals surface area (Å²) in [5, 5.41) is 2.26. The lowest BCUT2D eigenvalue weighted by atomic mass is 10.2. The summed E-state index contributed by atoms with van der Waals surface area (Å²) >= 11 is 1.29. The SMILES string of the molecule is CC(C)c1csc(NS(=O)(=O)c2ccc(CCN)cc2)n1. The van der Waals surface area contributed by atoms with Gasteiger partial charge in [0.2, 0.25) is 0 Å². The first-order valence-electron chi connectivity index (χ1n) is 6.69. The van der Waals surface area contributed by atoms with Crippen molar-refractivity contribution < 1.29 is 8.42 Å². The van der Waals surface area contributed by atoms with Crippen LogP contribution in [0.5, 0.6) is 0 Å². The van der Waals surface area contributed by atoms with Crippen molar-refractivity contribution in [1.82, 2.24) is 4.98 Å². The molecule has 0 spiro atoms. The van der Waals surface area contributed by atoms with Crippen LogP contribution in [0.3, 0.4) is 0 Å². The van der Waals surface area contributed by atoms with Crippen LogP contribution in [0.2, 0.25) is 0 Å². The van der Waals surface area contributed by atoms with Gasteiger partial charge in [0, 0.05) is 5.38 Å². The summed E-state index contributed by atoms with van der Waals surface area (Å²) in [6, 6.07) is 6.74. The summed E-state index contributed by atoms with van der Waals surface area (Å²) < 4.78 is 27.1. The molecule has 21 heavy (non-hydrogen) atoms. The van der Waals surface area contributed by atoms with E-state index in [2.05, 4.69) is 9.71 Å². The Bertz CT molecular complexity index is 691. The third-order valence-corrected chi connectivity index (χ3v) is 5.26. The van der Waals surface area contributed by atoms with Crippen LogP contribution in [0.1, 0.15) is 31.0 Å². The summed E-state index contributed by atoms with van der Waals surface area (Å²) in [7, 11) is -3.59. The first kappa shape index (κ1) is 15.9. The van der Waals surface area contributed by atoms with Crippen LogP contribution in [-0.2, 0) is 16.4 Å². The van der Waals surface area contributed by atoms with Crippen molar-refractivity contribution in [2.45, 2.75) is 31.1 Å². The number of benzene rings is 1. The standard InChI is InChI=1S/C14H19N3O2S2/c1-10(2)13-9-20-14(16-13)17-21(18,19)12-5-3-11(4-6-12)7-8-15/h3-6,9-10H,7-8,15H2,1-2H3,(H,16,17). The zero-order chi connectivity index (χ0) is 15.5. The van der Waals surface area contributed by atoms with Crippen LogP contribution in [-0.4, -0.2) is 19.9 Å². The highest BCUT2D eigenvalue weighted by Crippen LogP contribution is 2.24. The average Bonchev–Trinajstić information content (AvgIpc) is 2.88. The van der Waals surface area contributed by atoms with Gasteiger partial charge in [-0.3, -0.25) is 4.72 Å². The van der Waals surface area contributed by atoms with Crippen molar-refractivity contribution in [3.8, 4) is 0 Å². The van der Waals surface area contributed by atoms with Gasteiger partial charge in [0.15, 0.2) is 5.13 Å². The van der Waals surface area contributed by atoms with Gasteiger partial charge < -0.3 is 5.73 Å². The van der Waals surface area contributed by atoms with Crippen LogP contribution >= 0.6 is 11.3 Å². The highest BCUT2D eigenvalue weighted by Gasteiger charge is 2.16. The predicted molar refractivity (Wildman–Crippen MR) is 86.2 cm³/mol. The van der Waals surface area contributed by atoms with Crippen molar-refractivity contribution in [2.24, 2.45) is 5.73 Å². The normalized spacial score (nSPS) is 11.8. The molecule has 0 saturated heterocycles. The molecule has 0 atom stereocenters. The summed E-state index contributed by atoms with van der Waals surface area (Å²) in [5.74, 6) is 0.273. The van der Waals surface area contributed by atoms with E-state index in [1.807, 2.05) is 19.2 Å². The third kappa shape index (κ3) is 4.03. The highest BCUT2D eigenvalue weighted by molar-refractivity contribution is 7.93. The second kappa shape index (κ2) is 6.55. The van der Waals surface area contributed by atoms with Crippen molar-refractivity contribution in [3.63, 3.8) is 0 Å². The van der Waals surface area contributed by atoms with E-state index in [1.54, 1.807) is 24.3 Å². The number of aromatic nitrogens is 1. The number of sulfonamides is 1. The Labute approximate surface area is 129 Å². The molecule has 7 heteroatoms. The zero-order valence-electron chi connectivity index (χ0n) is 12.0. The zero-order valence-corrected chi connectivity index (χ0v) is 13.7. The molecular formula is C14H19N3O2S2. The number of nitrogens with one attached hydrogen (secondary N) is 1. The summed E-state index contributed by atoms with van der Waals surface area (Å²) in [5.41, 5.74) is 7.38. The van der Waals surface area contributed by atoms with E-state index in [-0.39, 0.29) is 10.8 Å². The molecule has 5 nitrogen and oxygen atoms in total.